The standard InChI is InChI=1S/C9H13N5O4/c1-5(4-11-9(15)16)12-7-3-2-6(14(17)18)8(10)13-7/h2-3,5,11H,4H2,1H3,(H,15,16)(H3,10,12,13). The third kappa shape index (κ3) is 3.77. The highest BCUT2D eigenvalue weighted by Crippen LogP contribution is 2.20. The van der Waals surface area contributed by atoms with Crippen molar-refractivity contribution in [2.75, 3.05) is 17.6 Å². The molecule has 1 heterocycles. The predicted octanol–water partition coefficient (Wildman–Crippen LogP) is 0.640. The number of carbonyl (C=O) groups is 1. The van der Waals surface area contributed by atoms with Gasteiger partial charge < -0.3 is 21.5 Å². The van der Waals surface area contributed by atoms with Gasteiger partial charge in [0.15, 0.2) is 0 Å². The summed E-state index contributed by atoms with van der Waals surface area (Å²) < 4.78 is 0. The lowest BCUT2D eigenvalue weighted by Crippen LogP contribution is -2.33. The van der Waals surface area contributed by atoms with Crippen molar-refractivity contribution >= 4 is 23.4 Å². The van der Waals surface area contributed by atoms with E-state index >= 15 is 0 Å². The summed E-state index contributed by atoms with van der Waals surface area (Å²) in [7, 11) is 0. The summed E-state index contributed by atoms with van der Waals surface area (Å²) in [5.74, 6) is 0.154. The van der Waals surface area contributed by atoms with Crippen LogP contribution in [0.2, 0.25) is 0 Å². The molecule has 1 aromatic rings. The zero-order valence-corrected chi connectivity index (χ0v) is 9.58. The van der Waals surface area contributed by atoms with Gasteiger partial charge in [0.25, 0.3) is 0 Å². The first-order valence-corrected chi connectivity index (χ1v) is 5.04. The first-order chi connectivity index (χ1) is 8.40. The second-order valence-corrected chi connectivity index (χ2v) is 3.59. The summed E-state index contributed by atoms with van der Waals surface area (Å²) in [6.45, 7) is 1.91. The minimum atomic E-state index is -1.13. The summed E-state index contributed by atoms with van der Waals surface area (Å²) in [6, 6.07) is 2.42. The molecule has 0 aliphatic carbocycles. The molecular weight excluding hydrogens is 242 g/mol. The summed E-state index contributed by atoms with van der Waals surface area (Å²) in [5, 5.41) is 24.0. The van der Waals surface area contributed by atoms with Gasteiger partial charge in [0.1, 0.15) is 5.82 Å². The molecule has 5 N–H and O–H groups in total. The zero-order chi connectivity index (χ0) is 13.7. The third-order valence-electron chi connectivity index (χ3n) is 2.05. The van der Waals surface area contributed by atoms with E-state index in [0.29, 0.717) is 5.82 Å². The number of nitrogens with two attached hydrogens (primary N) is 1. The summed E-state index contributed by atoms with van der Waals surface area (Å²) in [4.78, 5) is 24.0. The molecular formula is C9H13N5O4. The lowest BCUT2D eigenvalue weighted by Gasteiger charge is -2.14. The van der Waals surface area contributed by atoms with Crippen molar-refractivity contribution in [2.24, 2.45) is 0 Å². The van der Waals surface area contributed by atoms with E-state index in [1.165, 1.54) is 12.1 Å². The van der Waals surface area contributed by atoms with E-state index in [2.05, 4.69) is 15.6 Å². The Labute approximate surface area is 102 Å². The van der Waals surface area contributed by atoms with Crippen LogP contribution < -0.4 is 16.4 Å². The van der Waals surface area contributed by atoms with Crippen molar-refractivity contribution < 1.29 is 14.8 Å². The average molecular weight is 255 g/mol. The molecule has 0 aliphatic rings. The lowest BCUT2D eigenvalue weighted by molar-refractivity contribution is -0.384. The highest BCUT2D eigenvalue weighted by atomic mass is 16.6. The monoisotopic (exact) mass is 255 g/mol. The molecule has 1 amide bonds. The van der Waals surface area contributed by atoms with Crippen LogP contribution in [0, 0.1) is 10.1 Å². The smallest absolute Gasteiger partial charge is 0.404 e. The Balaban J connectivity index is 2.65. The molecule has 18 heavy (non-hydrogen) atoms. The van der Waals surface area contributed by atoms with Gasteiger partial charge in [-0.25, -0.2) is 9.78 Å². The van der Waals surface area contributed by atoms with E-state index in [4.69, 9.17) is 10.8 Å². The largest absolute Gasteiger partial charge is 0.465 e. The molecule has 1 unspecified atom stereocenters. The van der Waals surface area contributed by atoms with E-state index in [-0.39, 0.29) is 24.1 Å². The fraction of sp³-hybridized carbons (Fsp3) is 0.333. The first-order valence-electron chi connectivity index (χ1n) is 5.04. The van der Waals surface area contributed by atoms with E-state index in [9.17, 15) is 14.9 Å². The molecule has 0 radical (unpaired) electrons. The highest BCUT2D eigenvalue weighted by molar-refractivity contribution is 5.64. The normalized spacial score (nSPS) is 11.6. The van der Waals surface area contributed by atoms with Crippen LogP contribution >= 0.6 is 0 Å². The van der Waals surface area contributed by atoms with E-state index in [1.54, 1.807) is 6.92 Å². The molecule has 0 aromatic carbocycles. The lowest BCUT2D eigenvalue weighted by atomic mass is 10.3. The van der Waals surface area contributed by atoms with Gasteiger partial charge in [-0.2, -0.15) is 0 Å². The summed E-state index contributed by atoms with van der Waals surface area (Å²) in [6.07, 6.45) is -1.13. The van der Waals surface area contributed by atoms with E-state index in [0.717, 1.165) is 0 Å². The van der Waals surface area contributed by atoms with Crippen LogP contribution in [0.1, 0.15) is 6.92 Å². The maximum Gasteiger partial charge on any atom is 0.404 e. The third-order valence-corrected chi connectivity index (χ3v) is 2.05. The Bertz CT molecular complexity index is 464. The highest BCUT2D eigenvalue weighted by Gasteiger charge is 2.13. The van der Waals surface area contributed by atoms with Gasteiger partial charge in [-0.3, -0.25) is 10.1 Å². The number of nitrogen functional groups attached to an aromatic ring is 1. The van der Waals surface area contributed by atoms with Crippen LogP contribution in [-0.4, -0.2) is 33.7 Å². The minimum Gasteiger partial charge on any atom is -0.465 e. The van der Waals surface area contributed by atoms with Crippen LogP contribution in [0.15, 0.2) is 12.1 Å². The van der Waals surface area contributed by atoms with Gasteiger partial charge in [-0.1, -0.05) is 0 Å². The number of hydrogen-bond acceptors (Lipinski definition) is 6. The Morgan fingerprint density at radius 1 is 1.67 bits per heavy atom. The van der Waals surface area contributed by atoms with Gasteiger partial charge in [0.05, 0.1) is 4.92 Å². The van der Waals surface area contributed by atoms with Gasteiger partial charge in [-0.05, 0) is 13.0 Å². The SMILES string of the molecule is CC(CNC(=O)O)Nc1ccc([N+](=O)[O-])c(N)n1. The Kier molecular flexibility index (Phi) is 4.24. The number of amides is 1. The van der Waals surface area contributed by atoms with Crippen LogP contribution in [0.5, 0.6) is 0 Å². The second-order valence-electron chi connectivity index (χ2n) is 3.59. The molecule has 0 fully saturated rings. The maximum absolute atomic E-state index is 10.5. The van der Waals surface area contributed by atoms with Gasteiger partial charge >= 0.3 is 11.8 Å². The molecule has 0 saturated heterocycles. The Morgan fingerprint density at radius 3 is 2.83 bits per heavy atom. The predicted molar refractivity (Wildman–Crippen MR) is 64.4 cm³/mol. The van der Waals surface area contributed by atoms with E-state index in [1.807, 2.05) is 0 Å². The van der Waals surface area contributed by atoms with Gasteiger partial charge in [0, 0.05) is 18.7 Å². The average Bonchev–Trinajstić information content (AvgIpc) is 2.26. The van der Waals surface area contributed by atoms with Gasteiger partial charge in [0.2, 0.25) is 5.82 Å². The van der Waals surface area contributed by atoms with Gasteiger partial charge in [-0.15, -0.1) is 0 Å². The Hall–Kier alpha value is -2.58. The molecule has 0 spiro atoms. The number of pyridine rings is 1. The fourth-order valence-corrected chi connectivity index (χ4v) is 1.25. The van der Waals surface area contributed by atoms with Crippen LogP contribution in [0.25, 0.3) is 0 Å². The molecule has 98 valence electrons. The molecule has 1 atom stereocenters. The molecule has 9 heteroatoms. The second kappa shape index (κ2) is 5.66. The van der Waals surface area contributed by atoms with Crippen molar-refractivity contribution in [1.82, 2.24) is 10.3 Å². The zero-order valence-electron chi connectivity index (χ0n) is 9.58. The minimum absolute atomic E-state index is 0.175. The molecule has 0 bridgehead atoms. The maximum atomic E-state index is 10.5. The number of aromatic nitrogens is 1. The van der Waals surface area contributed by atoms with Crippen molar-refractivity contribution in [3.63, 3.8) is 0 Å². The molecule has 0 saturated carbocycles. The van der Waals surface area contributed by atoms with Crippen molar-refractivity contribution in [3.05, 3.63) is 22.2 Å². The quantitative estimate of drug-likeness (QED) is 0.446. The molecule has 1 rings (SSSR count). The number of rotatable bonds is 5. The van der Waals surface area contributed by atoms with Crippen LogP contribution in [0.4, 0.5) is 22.1 Å². The number of carboxylic acid groups (broad SMARTS) is 1. The summed E-state index contributed by atoms with van der Waals surface area (Å²) in [5.41, 5.74) is 5.15. The molecule has 0 aliphatic heterocycles. The van der Waals surface area contributed by atoms with Crippen LogP contribution in [0.3, 0.4) is 0 Å². The number of anilines is 2. The topological polar surface area (TPSA) is 143 Å². The van der Waals surface area contributed by atoms with Crippen LogP contribution in [-0.2, 0) is 0 Å². The first kappa shape index (κ1) is 13.5. The van der Waals surface area contributed by atoms with E-state index < -0.39 is 11.0 Å². The van der Waals surface area contributed by atoms with Crippen molar-refractivity contribution in [2.45, 2.75) is 13.0 Å². The Morgan fingerprint density at radius 2 is 2.33 bits per heavy atom. The number of nitro groups is 1. The number of hydrogen-bond donors (Lipinski definition) is 4. The fourth-order valence-electron chi connectivity index (χ4n) is 1.25. The molecule has 9 nitrogen and oxygen atoms in total. The molecule has 1 aromatic heterocycles. The summed E-state index contributed by atoms with van der Waals surface area (Å²) >= 11 is 0. The van der Waals surface area contributed by atoms with Crippen molar-refractivity contribution in [3.8, 4) is 0 Å². The number of nitrogens with one attached hydrogen (secondary N) is 2. The number of nitrogens with zero attached hydrogens (tertiary/aromatic N) is 2. The van der Waals surface area contributed by atoms with Crippen molar-refractivity contribution in [1.29, 1.82) is 0 Å².